The molecule has 0 aliphatic heterocycles. The molecule has 0 fully saturated rings. The van der Waals surface area contributed by atoms with Crippen molar-refractivity contribution in [2.75, 3.05) is 7.11 Å². The van der Waals surface area contributed by atoms with Crippen LogP contribution in [-0.4, -0.2) is 17.3 Å². The molecule has 108 valence electrons. The van der Waals surface area contributed by atoms with Gasteiger partial charge in [0, 0.05) is 18.5 Å². The van der Waals surface area contributed by atoms with Crippen molar-refractivity contribution in [3.05, 3.63) is 35.5 Å². The van der Waals surface area contributed by atoms with Crippen LogP contribution < -0.4 is 15.2 Å². The summed E-state index contributed by atoms with van der Waals surface area (Å²) in [6.45, 7) is 2.66. The van der Waals surface area contributed by atoms with Crippen LogP contribution in [-0.2, 0) is 19.6 Å². The van der Waals surface area contributed by atoms with Gasteiger partial charge >= 0.3 is 0 Å². The SMILES string of the molecule is CCCc1nc(COc2c(CN)cccc2OC)no1. The molecule has 0 amide bonds. The van der Waals surface area contributed by atoms with Gasteiger partial charge in [-0.2, -0.15) is 4.98 Å². The molecule has 2 aromatic rings. The molecule has 0 aliphatic carbocycles. The molecule has 1 aromatic heterocycles. The van der Waals surface area contributed by atoms with Gasteiger partial charge in [-0.15, -0.1) is 0 Å². The zero-order valence-corrected chi connectivity index (χ0v) is 11.8. The van der Waals surface area contributed by atoms with Crippen LogP contribution in [0.2, 0.25) is 0 Å². The number of benzene rings is 1. The van der Waals surface area contributed by atoms with Crippen LogP contribution in [0.3, 0.4) is 0 Å². The van der Waals surface area contributed by atoms with Crippen LogP contribution in [0.15, 0.2) is 22.7 Å². The van der Waals surface area contributed by atoms with Crippen LogP contribution in [0.4, 0.5) is 0 Å². The summed E-state index contributed by atoms with van der Waals surface area (Å²) in [6, 6.07) is 5.60. The van der Waals surface area contributed by atoms with Gasteiger partial charge in [-0.25, -0.2) is 0 Å². The van der Waals surface area contributed by atoms with Gasteiger partial charge in [0.15, 0.2) is 18.1 Å². The standard InChI is InChI=1S/C14H19N3O3/c1-3-5-13-16-12(17-20-13)9-19-14-10(8-15)6-4-7-11(14)18-2/h4,6-7H,3,5,8-9,15H2,1-2H3. The average molecular weight is 277 g/mol. The van der Waals surface area contributed by atoms with Gasteiger partial charge in [-0.1, -0.05) is 24.2 Å². The Morgan fingerprint density at radius 1 is 1.35 bits per heavy atom. The molecule has 2 N–H and O–H groups in total. The maximum atomic E-state index is 5.74. The quantitative estimate of drug-likeness (QED) is 0.834. The van der Waals surface area contributed by atoms with Crippen molar-refractivity contribution in [3.8, 4) is 11.5 Å². The summed E-state index contributed by atoms with van der Waals surface area (Å²) >= 11 is 0. The first-order chi connectivity index (χ1) is 9.78. The van der Waals surface area contributed by atoms with Crippen molar-refractivity contribution < 1.29 is 14.0 Å². The summed E-state index contributed by atoms with van der Waals surface area (Å²) in [5.41, 5.74) is 6.58. The molecule has 2 rings (SSSR count). The lowest BCUT2D eigenvalue weighted by molar-refractivity contribution is 0.266. The van der Waals surface area contributed by atoms with E-state index in [1.807, 2.05) is 18.2 Å². The molecule has 20 heavy (non-hydrogen) atoms. The average Bonchev–Trinajstić information content (AvgIpc) is 2.92. The zero-order valence-electron chi connectivity index (χ0n) is 11.8. The van der Waals surface area contributed by atoms with Crippen molar-refractivity contribution in [1.82, 2.24) is 10.1 Å². The number of hydrogen-bond donors (Lipinski definition) is 1. The Balaban J connectivity index is 2.09. The van der Waals surface area contributed by atoms with Crippen molar-refractivity contribution in [2.45, 2.75) is 32.9 Å². The van der Waals surface area contributed by atoms with Gasteiger partial charge in [-0.3, -0.25) is 0 Å². The van der Waals surface area contributed by atoms with E-state index in [-0.39, 0.29) is 6.61 Å². The number of hydrogen-bond acceptors (Lipinski definition) is 6. The second-order valence-corrected chi connectivity index (χ2v) is 4.30. The van der Waals surface area contributed by atoms with Crippen LogP contribution >= 0.6 is 0 Å². The maximum Gasteiger partial charge on any atom is 0.226 e. The third-order valence-electron chi connectivity index (χ3n) is 2.82. The zero-order chi connectivity index (χ0) is 14.4. The lowest BCUT2D eigenvalue weighted by Gasteiger charge is -2.12. The molecule has 0 saturated heterocycles. The summed E-state index contributed by atoms with van der Waals surface area (Å²) in [5.74, 6) is 2.41. The normalized spacial score (nSPS) is 10.6. The Kier molecular flexibility index (Phi) is 4.95. The van der Waals surface area contributed by atoms with Gasteiger partial charge in [0.1, 0.15) is 0 Å². The van der Waals surface area contributed by atoms with Crippen LogP contribution in [0.5, 0.6) is 11.5 Å². The van der Waals surface area contributed by atoms with Gasteiger partial charge in [0.25, 0.3) is 0 Å². The molecule has 6 nitrogen and oxygen atoms in total. The van der Waals surface area contributed by atoms with E-state index in [1.165, 1.54) is 0 Å². The Hall–Kier alpha value is -2.08. The molecule has 0 radical (unpaired) electrons. The molecule has 0 unspecified atom stereocenters. The molecule has 0 atom stereocenters. The number of methoxy groups -OCH3 is 1. The summed E-state index contributed by atoms with van der Waals surface area (Å²) in [7, 11) is 1.59. The molecule has 1 aromatic carbocycles. The third kappa shape index (κ3) is 3.27. The minimum absolute atomic E-state index is 0.223. The topological polar surface area (TPSA) is 83.4 Å². The maximum absolute atomic E-state index is 5.74. The number of ether oxygens (including phenoxy) is 2. The molecule has 1 heterocycles. The first-order valence-corrected chi connectivity index (χ1v) is 6.58. The van der Waals surface area contributed by atoms with E-state index in [1.54, 1.807) is 7.11 Å². The fourth-order valence-electron chi connectivity index (χ4n) is 1.85. The molecule has 0 aliphatic rings. The molecule has 0 spiro atoms. The van der Waals surface area contributed by atoms with Crippen molar-refractivity contribution >= 4 is 0 Å². The fourth-order valence-corrected chi connectivity index (χ4v) is 1.85. The summed E-state index contributed by atoms with van der Waals surface area (Å²) in [6.07, 6.45) is 1.74. The van der Waals surface area contributed by atoms with Crippen molar-refractivity contribution in [3.63, 3.8) is 0 Å². The Bertz CT molecular complexity index is 532. The highest BCUT2D eigenvalue weighted by molar-refractivity contribution is 5.46. The highest BCUT2D eigenvalue weighted by Crippen LogP contribution is 2.31. The van der Waals surface area contributed by atoms with Gasteiger partial charge in [-0.05, 0) is 12.5 Å². The number of aryl methyl sites for hydroxylation is 1. The molecule has 0 bridgehead atoms. The van der Waals surface area contributed by atoms with E-state index >= 15 is 0 Å². The van der Waals surface area contributed by atoms with E-state index < -0.39 is 0 Å². The monoisotopic (exact) mass is 277 g/mol. The van der Waals surface area contributed by atoms with Crippen LogP contribution in [0.1, 0.15) is 30.6 Å². The largest absolute Gasteiger partial charge is 0.493 e. The van der Waals surface area contributed by atoms with Crippen LogP contribution in [0.25, 0.3) is 0 Å². The van der Waals surface area contributed by atoms with Gasteiger partial charge < -0.3 is 19.7 Å². The fraction of sp³-hybridized carbons (Fsp3) is 0.429. The van der Waals surface area contributed by atoms with Crippen molar-refractivity contribution in [2.24, 2.45) is 5.73 Å². The summed E-state index contributed by atoms with van der Waals surface area (Å²) < 4.78 is 16.1. The molecular formula is C14H19N3O3. The third-order valence-corrected chi connectivity index (χ3v) is 2.82. The van der Waals surface area contributed by atoms with Gasteiger partial charge in [0.05, 0.1) is 7.11 Å². The highest BCUT2D eigenvalue weighted by atomic mass is 16.5. The highest BCUT2D eigenvalue weighted by Gasteiger charge is 2.12. The lowest BCUT2D eigenvalue weighted by Crippen LogP contribution is -2.05. The van der Waals surface area contributed by atoms with Crippen molar-refractivity contribution in [1.29, 1.82) is 0 Å². The van der Waals surface area contributed by atoms with E-state index in [9.17, 15) is 0 Å². The minimum Gasteiger partial charge on any atom is -0.493 e. The smallest absolute Gasteiger partial charge is 0.226 e. The predicted molar refractivity (Wildman–Crippen MR) is 73.5 cm³/mol. The number of rotatable bonds is 7. The summed E-state index contributed by atoms with van der Waals surface area (Å²) in [4.78, 5) is 4.25. The number of nitrogens with two attached hydrogens (primary N) is 1. The molecule has 0 saturated carbocycles. The van der Waals surface area contributed by atoms with E-state index in [0.717, 1.165) is 18.4 Å². The second-order valence-electron chi connectivity index (χ2n) is 4.30. The first kappa shape index (κ1) is 14.3. The molecular weight excluding hydrogens is 258 g/mol. The Morgan fingerprint density at radius 2 is 2.20 bits per heavy atom. The Morgan fingerprint density at radius 3 is 2.90 bits per heavy atom. The van der Waals surface area contributed by atoms with E-state index in [4.69, 9.17) is 19.7 Å². The Labute approximate surface area is 117 Å². The number of para-hydroxylation sites is 1. The van der Waals surface area contributed by atoms with E-state index in [0.29, 0.717) is 29.8 Å². The van der Waals surface area contributed by atoms with E-state index in [2.05, 4.69) is 17.1 Å². The number of nitrogens with zero attached hydrogens (tertiary/aromatic N) is 2. The predicted octanol–water partition coefficient (Wildman–Crippen LogP) is 2.07. The summed E-state index contributed by atoms with van der Waals surface area (Å²) in [5, 5.41) is 3.88. The molecule has 6 heteroatoms. The minimum atomic E-state index is 0.223. The second kappa shape index (κ2) is 6.91. The van der Waals surface area contributed by atoms with Crippen LogP contribution in [0, 0.1) is 0 Å². The number of aromatic nitrogens is 2. The first-order valence-electron chi connectivity index (χ1n) is 6.58. The van der Waals surface area contributed by atoms with Gasteiger partial charge in [0.2, 0.25) is 11.7 Å². The lowest BCUT2D eigenvalue weighted by atomic mass is 10.2.